The summed E-state index contributed by atoms with van der Waals surface area (Å²) in [5, 5.41) is 9.27. The van der Waals surface area contributed by atoms with Crippen molar-refractivity contribution in [1.29, 1.82) is 0 Å². The molecular weight excluding hydrogens is 250 g/mol. The largest absolute Gasteiger partial charge is 0.481 e. The molecular formula is C15H18F2O2. The molecule has 1 fully saturated rings. The van der Waals surface area contributed by atoms with Gasteiger partial charge in [0.25, 0.3) is 0 Å². The number of halogens is 2. The van der Waals surface area contributed by atoms with Crippen molar-refractivity contribution < 1.29 is 18.7 Å². The molecule has 1 aromatic rings. The first-order valence-electron chi connectivity index (χ1n) is 6.70. The molecule has 1 aliphatic rings. The molecule has 104 valence electrons. The van der Waals surface area contributed by atoms with E-state index < -0.39 is 29.4 Å². The zero-order valence-corrected chi connectivity index (χ0v) is 10.9. The van der Waals surface area contributed by atoms with Crippen LogP contribution in [0.4, 0.5) is 8.78 Å². The smallest absolute Gasteiger partial charge is 0.307 e. The van der Waals surface area contributed by atoms with Gasteiger partial charge in [-0.05, 0) is 48.9 Å². The van der Waals surface area contributed by atoms with Gasteiger partial charge in [-0.2, -0.15) is 0 Å². The van der Waals surface area contributed by atoms with Gasteiger partial charge in [0, 0.05) is 5.92 Å². The van der Waals surface area contributed by atoms with E-state index in [0.29, 0.717) is 18.8 Å². The Kier molecular flexibility index (Phi) is 4.17. The number of hydrogen-bond donors (Lipinski definition) is 1. The molecule has 0 aliphatic heterocycles. The van der Waals surface area contributed by atoms with Crippen molar-refractivity contribution in [2.45, 2.75) is 38.5 Å². The van der Waals surface area contributed by atoms with Crippen LogP contribution in [0.25, 0.3) is 0 Å². The summed E-state index contributed by atoms with van der Waals surface area (Å²) in [7, 11) is 0. The number of rotatable bonds is 3. The maximum absolute atomic E-state index is 13.9. The van der Waals surface area contributed by atoms with Crippen LogP contribution in [0.2, 0.25) is 0 Å². The normalized spacial score (nSPS) is 27.2. The molecule has 19 heavy (non-hydrogen) atoms. The van der Waals surface area contributed by atoms with Crippen molar-refractivity contribution in [2.75, 3.05) is 0 Å². The average Bonchev–Trinajstić information content (AvgIpc) is 2.40. The Balaban J connectivity index is 2.35. The second-order valence-electron chi connectivity index (χ2n) is 5.30. The SMILES string of the molecule is CCC1CCC(C(=O)O)C(c2cc(F)ccc2F)C1. The maximum atomic E-state index is 13.9. The predicted octanol–water partition coefficient (Wildman–Crippen LogP) is 3.96. The minimum atomic E-state index is -0.914. The molecule has 0 amide bonds. The minimum absolute atomic E-state index is 0.213. The Morgan fingerprint density at radius 3 is 2.74 bits per heavy atom. The van der Waals surface area contributed by atoms with Crippen LogP contribution in [0, 0.1) is 23.5 Å². The Bertz CT molecular complexity index is 473. The fraction of sp³-hybridized carbons (Fsp3) is 0.533. The Morgan fingerprint density at radius 2 is 2.11 bits per heavy atom. The van der Waals surface area contributed by atoms with Crippen LogP contribution in [0.5, 0.6) is 0 Å². The van der Waals surface area contributed by atoms with E-state index in [-0.39, 0.29) is 5.56 Å². The molecule has 2 nitrogen and oxygen atoms in total. The Labute approximate surface area is 111 Å². The standard InChI is InChI=1S/C15H18F2O2/c1-2-9-3-5-11(15(18)19)12(7-9)13-8-10(16)4-6-14(13)17/h4,6,8-9,11-12H,2-3,5,7H2,1H3,(H,18,19). The highest BCUT2D eigenvalue weighted by Crippen LogP contribution is 2.42. The van der Waals surface area contributed by atoms with E-state index in [0.717, 1.165) is 31.0 Å². The average molecular weight is 268 g/mol. The summed E-state index contributed by atoms with van der Waals surface area (Å²) in [6.07, 6.45) is 2.95. The highest BCUT2D eigenvalue weighted by molar-refractivity contribution is 5.71. The van der Waals surface area contributed by atoms with Gasteiger partial charge in [-0.15, -0.1) is 0 Å². The van der Waals surface area contributed by atoms with Crippen LogP contribution in [0.1, 0.15) is 44.1 Å². The minimum Gasteiger partial charge on any atom is -0.481 e. The van der Waals surface area contributed by atoms with Gasteiger partial charge in [-0.3, -0.25) is 4.79 Å². The summed E-state index contributed by atoms with van der Waals surface area (Å²) in [6.45, 7) is 2.05. The fourth-order valence-electron chi connectivity index (χ4n) is 3.07. The zero-order chi connectivity index (χ0) is 14.0. The maximum Gasteiger partial charge on any atom is 0.307 e. The van der Waals surface area contributed by atoms with Crippen LogP contribution in [0.3, 0.4) is 0 Å². The molecule has 1 aliphatic carbocycles. The third-order valence-corrected chi connectivity index (χ3v) is 4.21. The van der Waals surface area contributed by atoms with Crippen molar-refractivity contribution in [3.63, 3.8) is 0 Å². The van der Waals surface area contributed by atoms with Gasteiger partial charge < -0.3 is 5.11 Å². The molecule has 1 N–H and O–H groups in total. The van der Waals surface area contributed by atoms with Crippen molar-refractivity contribution in [2.24, 2.45) is 11.8 Å². The van der Waals surface area contributed by atoms with Gasteiger partial charge in [-0.25, -0.2) is 8.78 Å². The summed E-state index contributed by atoms with van der Waals surface area (Å²) in [5.74, 6) is -2.58. The first kappa shape index (κ1) is 14.0. The van der Waals surface area contributed by atoms with Crippen LogP contribution in [-0.2, 0) is 4.79 Å². The van der Waals surface area contributed by atoms with E-state index >= 15 is 0 Å². The summed E-state index contributed by atoms with van der Waals surface area (Å²) >= 11 is 0. The molecule has 0 spiro atoms. The van der Waals surface area contributed by atoms with Gasteiger partial charge in [0.2, 0.25) is 0 Å². The summed E-state index contributed by atoms with van der Waals surface area (Å²) in [5.41, 5.74) is 0.213. The van der Waals surface area contributed by atoms with Crippen LogP contribution >= 0.6 is 0 Å². The van der Waals surface area contributed by atoms with Gasteiger partial charge in [-0.1, -0.05) is 13.3 Å². The fourth-order valence-corrected chi connectivity index (χ4v) is 3.07. The zero-order valence-electron chi connectivity index (χ0n) is 10.9. The van der Waals surface area contributed by atoms with Crippen molar-refractivity contribution in [3.05, 3.63) is 35.4 Å². The molecule has 3 unspecified atom stereocenters. The number of benzene rings is 1. The molecule has 0 heterocycles. The second-order valence-corrected chi connectivity index (χ2v) is 5.30. The van der Waals surface area contributed by atoms with Gasteiger partial charge in [0.15, 0.2) is 0 Å². The lowest BCUT2D eigenvalue weighted by atomic mass is 9.70. The molecule has 3 atom stereocenters. The number of carbonyl (C=O) groups is 1. The lowest BCUT2D eigenvalue weighted by Gasteiger charge is -2.34. The van der Waals surface area contributed by atoms with E-state index in [1.165, 1.54) is 0 Å². The van der Waals surface area contributed by atoms with Crippen LogP contribution < -0.4 is 0 Å². The van der Waals surface area contributed by atoms with Gasteiger partial charge >= 0.3 is 5.97 Å². The van der Waals surface area contributed by atoms with Gasteiger partial charge in [0.05, 0.1) is 5.92 Å². The summed E-state index contributed by atoms with van der Waals surface area (Å²) in [6, 6.07) is 3.29. The third kappa shape index (κ3) is 2.94. The molecule has 0 saturated heterocycles. The van der Waals surface area contributed by atoms with E-state index in [9.17, 15) is 18.7 Å². The summed E-state index contributed by atoms with van der Waals surface area (Å²) < 4.78 is 27.2. The van der Waals surface area contributed by atoms with Crippen molar-refractivity contribution in [3.8, 4) is 0 Å². The topological polar surface area (TPSA) is 37.3 Å². The lowest BCUT2D eigenvalue weighted by molar-refractivity contribution is -0.144. The van der Waals surface area contributed by atoms with Crippen molar-refractivity contribution in [1.82, 2.24) is 0 Å². The monoisotopic (exact) mass is 268 g/mol. The number of hydrogen-bond acceptors (Lipinski definition) is 1. The first-order valence-corrected chi connectivity index (χ1v) is 6.70. The van der Waals surface area contributed by atoms with Crippen LogP contribution in [0.15, 0.2) is 18.2 Å². The van der Waals surface area contributed by atoms with E-state index in [1.807, 2.05) is 6.92 Å². The second kappa shape index (κ2) is 5.68. The van der Waals surface area contributed by atoms with Crippen molar-refractivity contribution >= 4 is 5.97 Å². The highest BCUT2D eigenvalue weighted by Gasteiger charge is 2.36. The molecule has 0 aromatic heterocycles. The molecule has 4 heteroatoms. The van der Waals surface area contributed by atoms with E-state index in [4.69, 9.17) is 0 Å². The van der Waals surface area contributed by atoms with E-state index in [1.54, 1.807) is 0 Å². The molecule has 1 aromatic carbocycles. The Morgan fingerprint density at radius 1 is 1.37 bits per heavy atom. The first-order chi connectivity index (χ1) is 9.02. The molecule has 2 rings (SSSR count). The molecule has 1 saturated carbocycles. The highest BCUT2D eigenvalue weighted by atomic mass is 19.1. The van der Waals surface area contributed by atoms with E-state index in [2.05, 4.69) is 0 Å². The number of aliphatic carboxylic acids is 1. The number of carboxylic acids is 1. The Hall–Kier alpha value is -1.45. The molecule has 0 bridgehead atoms. The van der Waals surface area contributed by atoms with Crippen LogP contribution in [-0.4, -0.2) is 11.1 Å². The van der Waals surface area contributed by atoms with Gasteiger partial charge in [0.1, 0.15) is 11.6 Å². The third-order valence-electron chi connectivity index (χ3n) is 4.21. The lowest BCUT2D eigenvalue weighted by Crippen LogP contribution is -2.29. The molecule has 0 radical (unpaired) electrons. The summed E-state index contributed by atoms with van der Waals surface area (Å²) in [4.78, 5) is 11.3. The predicted molar refractivity (Wildman–Crippen MR) is 67.9 cm³/mol. The number of carboxylic acid groups (broad SMARTS) is 1. The quantitative estimate of drug-likeness (QED) is 0.901.